The minimum absolute atomic E-state index is 0.0365. The summed E-state index contributed by atoms with van der Waals surface area (Å²) < 4.78 is 11.4. The number of amides is 1. The molecule has 6 nitrogen and oxygen atoms in total. The molecule has 4 heterocycles. The fraction of sp³-hybridized carbons (Fsp3) is 0.773. The van der Waals surface area contributed by atoms with Crippen molar-refractivity contribution >= 4 is 5.91 Å². The van der Waals surface area contributed by atoms with E-state index >= 15 is 0 Å². The maximum atomic E-state index is 12.6. The molecule has 0 N–H and O–H groups in total. The predicted octanol–water partition coefficient (Wildman–Crippen LogP) is 2.71. The van der Waals surface area contributed by atoms with Gasteiger partial charge in [-0.3, -0.25) is 9.69 Å². The van der Waals surface area contributed by atoms with Crippen molar-refractivity contribution in [3.8, 4) is 0 Å². The van der Waals surface area contributed by atoms with E-state index in [1.54, 1.807) is 18.6 Å². The van der Waals surface area contributed by atoms with Gasteiger partial charge in [0, 0.05) is 58.5 Å². The first kappa shape index (κ1) is 19.9. The molecule has 1 spiro atoms. The van der Waals surface area contributed by atoms with E-state index in [1.807, 2.05) is 4.90 Å². The largest absolute Gasteiger partial charge is 0.472 e. The molecule has 3 aliphatic heterocycles. The van der Waals surface area contributed by atoms with Crippen LogP contribution in [0.5, 0.6) is 0 Å². The van der Waals surface area contributed by atoms with Crippen molar-refractivity contribution in [2.75, 3.05) is 52.4 Å². The highest BCUT2D eigenvalue weighted by Gasteiger charge is 2.43. The lowest BCUT2D eigenvalue weighted by molar-refractivity contribution is -0.132. The smallest absolute Gasteiger partial charge is 0.257 e. The third kappa shape index (κ3) is 4.44. The van der Waals surface area contributed by atoms with Crippen LogP contribution in [0.15, 0.2) is 23.0 Å². The van der Waals surface area contributed by atoms with Crippen LogP contribution in [0.2, 0.25) is 0 Å². The Morgan fingerprint density at radius 1 is 1.18 bits per heavy atom. The molecule has 28 heavy (non-hydrogen) atoms. The summed E-state index contributed by atoms with van der Waals surface area (Å²) in [4.78, 5) is 19.8. The average molecular weight is 390 g/mol. The molecule has 6 heteroatoms. The zero-order chi connectivity index (χ0) is 19.6. The molecule has 0 aromatic carbocycles. The van der Waals surface area contributed by atoms with Crippen molar-refractivity contribution in [3.63, 3.8) is 0 Å². The summed E-state index contributed by atoms with van der Waals surface area (Å²) in [6.45, 7) is 13.0. The standard InChI is InChI=1S/C22H35N3O3/c1-18(2)16-23-9-11-24(12-10-23)20-4-14-28-22(15-20)5-7-25(8-6-22)21(26)19-3-13-27-17-19/h3,13,17-18,20H,4-12,14-16H2,1-2H3/t20-/m0/s1. The Morgan fingerprint density at radius 3 is 2.57 bits per heavy atom. The van der Waals surface area contributed by atoms with Crippen LogP contribution in [0.25, 0.3) is 0 Å². The van der Waals surface area contributed by atoms with E-state index < -0.39 is 0 Å². The molecule has 3 saturated heterocycles. The third-order valence-electron chi connectivity index (χ3n) is 6.74. The highest BCUT2D eigenvalue weighted by atomic mass is 16.5. The molecule has 156 valence electrons. The van der Waals surface area contributed by atoms with Gasteiger partial charge >= 0.3 is 0 Å². The highest BCUT2D eigenvalue weighted by Crippen LogP contribution is 2.37. The number of carbonyl (C=O) groups is 1. The normalized spacial score (nSPS) is 26.8. The van der Waals surface area contributed by atoms with E-state index in [-0.39, 0.29) is 11.5 Å². The number of rotatable bonds is 4. The van der Waals surface area contributed by atoms with Gasteiger partial charge in [-0.05, 0) is 37.7 Å². The second-order valence-electron chi connectivity index (χ2n) is 9.21. The molecule has 0 aliphatic carbocycles. The third-order valence-corrected chi connectivity index (χ3v) is 6.74. The molecular formula is C22H35N3O3. The summed E-state index contributed by atoms with van der Waals surface area (Å²) >= 11 is 0. The summed E-state index contributed by atoms with van der Waals surface area (Å²) in [5, 5.41) is 0. The van der Waals surface area contributed by atoms with E-state index in [1.165, 1.54) is 32.7 Å². The number of piperazine rings is 1. The lowest BCUT2D eigenvalue weighted by Gasteiger charge is -2.49. The number of furan rings is 1. The van der Waals surface area contributed by atoms with E-state index in [0.717, 1.165) is 51.3 Å². The fourth-order valence-corrected chi connectivity index (χ4v) is 5.18. The zero-order valence-corrected chi connectivity index (χ0v) is 17.4. The number of hydrogen-bond acceptors (Lipinski definition) is 5. The van der Waals surface area contributed by atoms with Gasteiger partial charge in [-0.25, -0.2) is 0 Å². The van der Waals surface area contributed by atoms with Gasteiger partial charge in [0.05, 0.1) is 17.4 Å². The summed E-state index contributed by atoms with van der Waals surface area (Å²) in [5.74, 6) is 0.824. The summed E-state index contributed by atoms with van der Waals surface area (Å²) in [5.41, 5.74) is 0.614. The second kappa shape index (κ2) is 8.56. The Balaban J connectivity index is 1.29. The van der Waals surface area contributed by atoms with Gasteiger partial charge in [-0.1, -0.05) is 13.8 Å². The van der Waals surface area contributed by atoms with Crippen LogP contribution in [0.3, 0.4) is 0 Å². The van der Waals surface area contributed by atoms with Gasteiger partial charge in [0.25, 0.3) is 5.91 Å². The Morgan fingerprint density at radius 2 is 1.93 bits per heavy atom. The van der Waals surface area contributed by atoms with Crippen LogP contribution in [0, 0.1) is 5.92 Å². The topological polar surface area (TPSA) is 49.2 Å². The van der Waals surface area contributed by atoms with Crippen molar-refractivity contribution in [3.05, 3.63) is 24.2 Å². The van der Waals surface area contributed by atoms with Crippen LogP contribution in [-0.4, -0.2) is 84.7 Å². The van der Waals surface area contributed by atoms with E-state index in [9.17, 15) is 4.79 Å². The van der Waals surface area contributed by atoms with E-state index in [0.29, 0.717) is 11.6 Å². The van der Waals surface area contributed by atoms with Crippen molar-refractivity contribution < 1.29 is 13.9 Å². The monoisotopic (exact) mass is 389 g/mol. The number of hydrogen-bond donors (Lipinski definition) is 0. The molecule has 4 rings (SSSR count). The molecule has 3 aliphatic rings. The van der Waals surface area contributed by atoms with Crippen LogP contribution in [0.1, 0.15) is 49.9 Å². The predicted molar refractivity (Wildman–Crippen MR) is 108 cm³/mol. The molecule has 0 saturated carbocycles. The average Bonchev–Trinajstić information content (AvgIpc) is 3.23. The lowest BCUT2D eigenvalue weighted by atomic mass is 9.81. The SMILES string of the molecule is CC(C)CN1CCN([C@H]2CCOC3(CCN(C(=O)c4ccoc4)CC3)C2)CC1. The quantitative estimate of drug-likeness (QED) is 0.792. The molecule has 0 bridgehead atoms. The first-order valence-electron chi connectivity index (χ1n) is 11.0. The van der Waals surface area contributed by atoms with E-state index in [2.05, 4.69) is 23.6 Å². The Kier molecular flexibility index (Phi) is 6.09. The van der Waals surface area contributed by atoms with Crippen molar-refractivity contribution in [1.82, 2.24) is 14.7 Å². The fourth-order valence-electron chi connectivity index (χ4n) is 5.18. The highest BCUT2D eigenvalue weighted by molar-refractivity contribution is 5.93. The Labute approximate surface area is 168 Å². The number of nitrogens with zero attached hydrogens (tertiary/aromatic N) is 3. The number of carbonyl (C=O) groups excluding carboxylic acids is 1. The van der Waals surface area contributed by atoms with Crippen LogP contribution in [0.4, 0.5) is 0 Å². The number of ether oxygens (including phenoxy) is 1. The first-order valence-corrected chi connectivity index (χ1v) is 11.0. The summed E-state index contributed by atoms with van der Waals surface area (Å²) in [6, 6.07) is 2.38. The van der Waals surface area contributed by atoms with Crippen LogP contribution >= 0.6 is 0 Å². The lowest BCUT2D eigenvalue weighted by Crippen LogP contribution is -2.57. The van der Waals surface area contributed by atoms with Gasteiger partial charge in [0.1, 0.15) is 6.26 Å². The zero-order valence-electron chi connectivity index (χ0n) is 17.4. The Bertz CT molecular complexity index is 629. The first-order chi connectivity index (χ1) is 13.5. The second-order valence-corrected chi connectivity index (χ2v) is 9.21. The minimum atomic E-state index is -0.0365. The van der Waals surface area contributed by atoms with Crippen molar-refractivity contribution in [2.24, 2.45) is 5.92 Å². The molecule has 1 aromatic heterocycles. The summed E-state index contributed by atoms with van der Waals surface area (Å²) in [6.07, 6.45) is 7.25. The van der Waals surface area contributed by atoms with E-state index in [4.69, 9.17) is 9.15 Å². The van der Waals surface area contributed by atoms with Crippen LogP contribution < -0.4 is 0 Å². The molecular weight excluding hydrogens is 354 g/mol. The van der Waals surface area contributed by atoms with Crippen LogP contribution in [-0.2, 0) is 4.74 Å². The minimum Gasteiger partial charge on any atom is -0.472 e. The number of piperidine rings is 1. The van der Waals surface area contributed by atoms with Gasteiger partial charge in [0.15, 0.2) is 0 Å². The van der Waals surface area contributed by atoms with Gasteiger partial charge in [-0.2, -0.15) is 0 Å². The van der Waals surface area contributed by atoms with Gasteiger partial charge in [0.2, 0.25) is 0 Å². The maximum Gasteiger partial charge on any atom is 0.257 e. The molecule has 0 unspecified atom stereocenters. The van der Waals surface area contributed by atoms with Crippen molar-refractivity contribution in [2.45, 2.75) is 51.2 Å². The maximum absolute atomic E-state index is 12.6. The van der Waals surface area contributed by atoms with Gasteiger partial charge in [-0.15, -0.1) is 0 Å². The molecule has 1 amide bonds. The Hall–Kier alpha value is -1.37. The molecule has 1 aromatic rings. The molecule has 3 fully saturated rings. The molecule has 0 radical (unpaired) electrons. The van der Waals surface area contributed by atoms with Crippen molar-refractivity contribution in [1.29, 1.82) is 0 Å². The molecule has 1 atom stereocenters. The number of likely N-dealkylation sites (tertiary alicyclic amines) is 1. The van der Waals surface area contributed by atoms with Gasteiger partial charge < -0.3 is 19.0 Å². The summed E-state index contributed by atoms with van der Waals surface area (Å²) in [7, 11) is 0.